The number of nitrogens with zero attached hydrogens (tertiary/aromatic N) is 1. The van der Waals surface area contributed by atoms with Crippen LogP contribution in [-0.2, 0) is 0 Å². The Morgan fingerprint density at radius 3 is 2.53 bits per heavy atom. The first-order valence-corrected chi connectivity index (χ1v) is 5.47. The maximum atomic E-state index is 5.65. The van der Waals surface area contributed by atoms with Crippen LogP contribution in [0.5, 0.6) is 5.88 Å². The number of hydrogen-bond acceptors (Lipinski definition) is 2. The summed E-state index contributed by atoms with van der Waals surface area (Å²) in [4.78, 5) is 4.20. The molecule has 1 aromatic heterocycles. The van der Waals surface area contributed by atoms with Crippen LogP contribution in [0.15, 0.2) is 18.3 Å². The zero-order valence-corrected chi connectivity index (χ0v) is 10.4. The molecule has 84 valence electrons. The van der Waals surface area contributed by atoms with E-state index in [-0.39, 0.29) is 5.41 Å². The van der Waals surface area contributed by atoms with Crippen molar-refractivity contribution in [2.45, 2.75) is 40.5 Å². The summed E-state index contributed by atoms with van der Waals surface area (Å²) in [5, 5.41) is 0. The van der Waals surface area contributed by atoms with Gasteiger partial charge in [-0.15, -0.1) is 0 Å². The number of rotatable bonds is 3. The molecule has 0 spiro atoms. The zero-order chi connectivity index (χ0) is 11.5. The Balaban J connectivity index is 2.66. The molecule has 0 unspecified atom stereocenters. The summed E-state index contributed by atoms with van der Waals surface area (Å²) in [5.74, 6) is 1.25. The van der Waals surface area contributed by atoms with Crippen LogP contribution < -0.4 is 4.74 Å². The lowest BCUT2D eigenvalue weighted by Gasteiger charge is -2.18. The molecule has 0 aliphatic heterocycles. The summed E-state index contributed by atoms with van der Waals surface area (Å²) in [5.41, 5.74) is 1.45. The SMILES string of the molecule is CC(C)c1ccnc(OCC(C)(C)C)c1. The van der Waals surface area contributed by atoms with Gasteiger partial charge in [0, 0.05) is 12.3 Å². The minimum absolute atomic E-state index is 0.176. The fourth-order valence-electron chi connectivity index (χ4n) is 1.15. The van der Waals surface area contributed by atoms with Crippen molar-refractivity contribution in [2.75, 3.05) is 6.61 Å². The van der Waals surface area contributed by atoms with Crippen molar-refractivity contribution < 1.29 is 4.74 Å². The third-order valence-electron chi connectivity index (χ3n) is 2.08. The van der Waals surface area contributed by atoms with E-state index < -0.39 is 0 Å². The Labute approximate surface area is 92.7 Å². The molecule has 1 heterocycles. The Morgan fingerprint density at radius 2 is 2.00 bits per heavy atom. The molecule has 0 aliphatic carbocycles. The van der Waals surface area contributed by atoms with Gasteiger partial charge in [0.25, 0.3) is 0 Å². The average Bonchev–Trinajstić information content (AvgIpc) is 2.14. The maximum absolute atomic E-state index is 5.65. The quantitative estimate of drug-likeness (QED) is 0.755. The highest BCUT2D eigenvalue weighted by atomic mass is 16.5. The van der Waals surface area contributed by atoms with Crippen molar-refractivity contribution in [3.05, 3.63) is 23.9 Å². The van der Waals surface area contributed by atoms with Crippen LogP contribution in [0.1, 0.15) is 46.1 Å². The lowest BCUT2D eigenvalue weighted by Crippen LogP contribution is -2.17. The first kappa shape index (κ1) is 12.0. The van der Waals surface area contributed by atoms with Crippen LogP contribution in [0.2, 0.25) is 0 Å². The monoisotopic (exact) mass is 207 g/mol. The standard InChI is InChI=1S/C13H21NO/c1-10(2)11-6-7-14-12(8-11)15-9-13(3,4)5/h6-8,10H,9H2,1-5H3. The van der Waals surface area contributed by atoms with E-state index in [1.54, 1.807) is 0 Å². The molecule has 0 amide bonds. The molecule has 0 aliphatic rings. The van der Waals surface area contributed by atoms with E-state index in [9.17, 15) is 0 Å². The predicted molar refractivity (Wildman–Crippen MR) is 63.3 cm³/mol. The second-order valence-corrected chi connectivity index (χ2v) is 5.43. The topological polar surface area (TPSA) is 22.1 Å². The normalized spacial score (nSPS) is 11.9. The zero-order valence-electron chi connectivity index (χ0n) is 10.4. The van der Waals surface area contributed by atoms with Crippen LogP contribution >= 0.6 is 0 Å². The molecule has 0 radical (unpaired) electrons. The summed E-state index contributed by atoms with van der Waals surface area (Å²) < 4.78 is 5.65. The van der Waals surface area contributed by atoms with E-state index in [0.717, 1.165) is 5.88 Å². The Kier molecular flexibility index (Phi) is 3.72. The van der Waals surface area contributed by atoms with Gasteiger partial charge >= 0.3 is 0 Å². The minimum Gasteiger partial charge on any atom is -0.477 e. The van der Waals surface area contributed by atoms with Crippen molar-refractivity contribution in [3.8, 4) is 5.88 Å². The van der Waals surface area contributed by atoms with E-state index in [0.29, 0.717) is 12.5 Å². The number of pyridine rings is 1. The highest BCUT2D eigenvalue weighted by Gasteiger charge is 2.11. The third kappa shape index (κ3) is 4.32. The second kappa shape index (κ2) is 4.65. The van der Waals surface area contributed by atoms with Gasteiger partial charge in [0.15, 0.2) is 0 Å². The fourth-order valence-corrected chi connectivity index (χ4v) is 1.15. The molecule has 0 bridgehead atoms. The summed E-state index contributed by atoms with van der Waals surface area (Å²) in [6.07, 6.45) is 1.81. The smallest absolute Gasteiger partial charge is 0.213 e. The molecule has 0 saturated heterocycles. The third-order valence-corrected chi connectivity index (χ3v) is 2.08. The predicted octanol–water partition coefficient (Wildman–Crippen LogP) is 3.63. The van der Waals surface area contributed by atoms with Gasteiger partial charge in [-0.2, -0.15) is 0 Å². The van der Waals surface area contributed by atoms with E-state index in [4.69, 9.17) is 4.74 Å². The summed E-state index contributed by atoms with van der Waals surface area (Å²) in [6, 6.07) is 4.06. The number of hydrogen-bond donors (Lipinski definition) is 0. The lowest BCUT2D eigenvalue weighted by atomic mass is 9.99. The largest absolute Gasteiger partial charge is 0.477 e. The van der Waals surface area contributed by atoms with Crippen LogP contribution in [0, 0.1) is 5.41 Å². The lowest BCUT2D eigenvalue weighted by molar-refractivity contribution is 0.191. The first-order valence-electron chi connectivity index (χ1n) is 5.47. The molecule has 0 aromatic carbocycles. The van der Waals surface area contributed by atoms with Crippen molar-refractivity contribution in [2.24, 2.45) is 5.41 Å². The fraction of sp³-hybridized carbons (Fsp3) is 0.615. The van der Waals surface area contributed by atoms with Crippen LogP contribution in [0.4, 0.5) is 0 Å². The average molecular weight is 207 g/mol. The Hall–Kier alpha value is -1.05. The molecule has 0 N–H and O–H groups in total. The Morgan fingerprint density at radius 1 is 1.33 bits per heavy atom. The van der Waals surface area contributed by atoms with Crippen molar-refractivity contribution in [1.29, 1.82) is 0 Å². The molecule has 2 heteroatoms. The van der Waals surface area contributed by atoms with Crippen molar-refractivity contribution in [1.82, 2.24) is 4.98 Å². The van der Waals surface area contributed by atoms with Gasteiger partial charge in [-0.25, -0.2) is 4.98 Å². The van der Waals surface area contributed by atoms with Crippen molar-refractivity contribution in [3.63, 3.8) is 0 Å². The van der Waals surface area contributed by atoms with E-state index in [2.05, 4.69) is 39.6 Å². The molecule has 1 aromatic rings. The summed E-state index contributed by atoms with van der Waals surface area (Å²) >= 11 is 0. The molecule has 0 saturated carbocycles. The van der Waals surface area contributed by atoms with Crippen molar-refractivity contribution >= 4 is 0 Å². The van der Waals surface area contributed by atoms with Crippen LogP contribution in [0.25, 0.3) is 0 Å². The molecule has 0 atom stereocenters. The van der Waals surface area contributed by atoms with Gasteiger partial charge in [0.05, 0.1) is 6.61 Å². The van der Waals surface area contributed by atoms with Crippen LogP contribution in [0.3, 0.4) is 0 Å². The number of aromatic nitrogens is 1. The molecular formula is C13H21NO. The molecule has 15 heavy (non-hydrogen) atoms. The molecule has 1 rings (SSSR count). The van der Waals surface area contributed by atoms with E-state index >= 15 is 0 Å². The van der Waals surface area contributed by atoms with Gasteiger partial charge in [0.2, 0.25) is 5.88 Å². The van der Waals surface area contributed by atoms with Crippen LogP contribution in [-0.4, -0.2) is 11.6 Å². The molecule has 2 nitrogen and oxygen atoms in total. The van der Waals surface area contributed by atoms with E-state index in [1.165, 1.54) is 5.56 Å². The van der Waals surface area contributed by atoms with Gasteiger partial charge in [0.1, 0.15) is 0 Å². The summed E-state index contributed by atoms with van der Waals surface area (Å²) in [7, 11) is 0. The Bertz CT molecular complexity index is 313. The highest BCUT2D eigenvalue weighted by Crippen LogP contribution is 2.20. The van der Waals surface area contributed by atoms with Gasteiger partial charge < -0.3 is 4.74 Å². The molecular weight excluding hydrogens is 186 g/mol. The molecule has 0 fully saturated rings. The van der Waals surface area contributed by atoms with Gasteiger partial charge in [-0.1, -0.05) is 34.6 Å². The first-order chi connectivity index (χ1) is 6.88. The second-order valence-electron chi connectivity index (χ2n) is 5.43. The summed E-state index contributed by atoms with van der Waals surface area (Å²) in [6.45, 7) is 11.5. The maximum Gasteiger partial charge on any atom is 0.213 e. The highest BCUT2D eigenvalue weighted by molar-refractivity contribution is 5.23. The minimum atomic E-state index is 0.176. The number of ether oxygens (including phenoxy) is 1. The van der Waals surface area contributed by atoms with Gasteiger partial charge in [-0.05, 0) is 23.0 Å². The van der Waals surface area contributed by atoms with E-state index in [1.807, 2.05) is 18.3 Å². The van der Waals surface area contributed by atoms with Gasteiger partial charge in [-0.3, -0.25) is 0 Å².